The van der Waals surface area contributed by atoms with Crippen LogP contribution in [-0.4, -0.2) is 36.2 Å². The molecular formula is C17H16ClF2N3S. The van der Waals surface area contributed by atoms with Crippen LogP contribution in [0.1, 0.15) is 0 Å². The highest BCUT2D eigenvalue weighted by Crippen LogP contribution is 2.20. The summed E-state index contributed by atoms with van der Waals surface area (Å²) in [4.78, 5) is 4.24. The van der Waals surface area contributed by atoms with Gasteiger partial charge in [-0.15, -0.1) is 0 Å². The number of thiocarbonyl (C=S) groups is 1. The molecule has 3 rings (SSSR count). The van der Waals surface area contributed by atoms with Crippen LogP contribution in [0, 0.1) is 11.6 Å². The van der Waals surface area contributed by atoms with Gasteiger partial charge in [-0.1, -0.05) is 11.6 Å². The van der Waals surface area contributed by atoms with Crippen molar-refractivity contribution in [1.82, 2.24) is 4.90 Å². The van der Waals surface area contributed by atoms with E-state index < -0.39 is 11.6 Å². The molecular weight excluding hydrogens is 352 g/mol. The van der Waals surface area contributed by atoms with Gasteiger partial charge in [0.2, 0.25) is 0 Å². The molecule has 1 saturated heterocycles. The molecule has 0 amide bonds. The average Bonchev–Trinajstić information content (AvgIpc) is 2.55. The molecule has 0 saturated carbocycles. The smallest absolute Gasteiger partial charge is 0.173 e. The molecule has 0 atom stereocenters. The molecule has 126 valence electrons. The molecule has 0 radical (unpaired) electrons. The van der Waals surface area contributed by atoms with E-state index in [0.717, 1.165) is 37.9 Å². The van der Waals surface area contributed by atoms with Crippen LogP contribution < -0.4 is 10.2 Å². The summed E-state index contributed by atoms with van der Waals surface area (Å²) in [5.74, 6) is -1.26. The lowest BCUT2D eigenvalue weighted by Gasteiger charge is -2.37. The highest BCUT2D eigenvalue weighted by atomic mass is 35.5. The van der Waals surface area contributed by atoms with Crippen molar-refractivity contribution in [1.29, 1.82) is 0 Å². The Hall–Kier alpha value is -1.92. The second-order valence-electron chi connectivity index (χ2n) is 5.54. The van der Waals surface area contributed by atoms with Gasteiger partial charge in [-0.25, -0.2) is 8.78 Å². The second-order valence-corrected chi connectivity index (χ2v) is 6.36. The van der Waals surface area contributed by atoms with Crippen LogP contribution in [0.25, 0.3) is 0 Å². The first-order chi connectivity index (χ1) is 11.5. The molecule has 0 unspecified atom stereocenters. The number of anilines is 2. The monoisotopic (exact) mass is 367 g/mol. The van der Waals surface area contributed by atoms with E-state index in [0.29, 0.717) is 15.8 Å². The second kappa shape index (κ2) is 7.32. The standard InChI is InChI=1S/C17H16ClF2N3S/c18-12-1-3-16(4-2-12)22-5-7-23(8-6-22)17(24)21-15-10-13(19)9-14(20)11-15/h1-4,9-11H,5-8H2,(H,21,24). The van der Waals surface area contributed by atoms with Crippen LogP contribution in [-0.2, 0) is 0 Å². The molecule has 1 aliphatic heterocycles. The van der Waals surface area contributed by atoms with Crippen LogP contribution in [0.3, 0.4) is 0 Å². The molecule has 7 heteroatoms. The zero-order chi connectivity index (χ0) is 17.1. The SMILES string of the molecule is Fc1cc(F)cc(NC(=S)N2CCN(c3ccc(Cl)cc3)CC2)c1. The summed E-state index contributed by atoms with van der Waals surface area (Å²) in [6.45, 7) is 3.07. The number of benzene rings is 2. The van der Waals surface area contributed by atoms with Gasteiger partial charge in [0.15, 0.2) is 5.11 Å². The molecule has 2 aromatic carbocycles. The van der Waals surface area contributed by atoms with E-state index in [9.17, 15) is 8.78 Å². The maximum absolute atomic E-state index is 13.2. The third-order valence-corrected chi connectivity index (χ3v) is 4.48. The Labute approximate surface area is 149 Å². The van der Waals surface area contributed by atoms with Gasteiger partial charge in [0.25, 0.3) is 0 Å². The first-order valence-electron chi connectivity index (χ1n) is 7.54. The third-order valence-electron chi connectivity index (χ3n) is 3.87. The van der Waals surface area contributed by atoms with Gasteiger partial charge in [0.05, 0.1) is 0 Å². The van der Waals surface area contributed by atoms with Crippen LogP contribution in [0.2, 0.25) is 5.02 Å². The normalized spacial score (nSPS) is 14.6. The van der Waals surface area contributed by atoms with Gasteiger partial charge < -0.3 is 15.1 Å². The van der Waals surface area contributed by atoms with Gasteiger partial charge in [0, 0.05) is 48.6 Å². The number of nitrogens with one attached hydrogen (secondary N) is 1. The van der Waals surface area contributed by atoms with E-state index in [-0.39, 0.29) is 0 Å². The van der Waals surface area contributed by atoms with Gasteiger partial charge >= 0.3 is 0 Å². The fraction of sp³-hybridized carbons (Fsp3) is 0.235. The van der Waals surface area contributed by atoms with E-state index in [1.807, 2.05) is 29.2 Å². The fourth-order valence-electron chi connectivity index (χ4n) is 2.65. The Balaban J connectivity index is 1.57. The Bertz CT molecular complexity index is 711. The highest BCUT2D eigenvalue weighted by Gasteiger charge is 2.19. The highest BCUT2D eigenvalue weighted by molar-refractivity contribution is 7.80. The van der Waals surface area contributed by atoms with Crippen molar-refractivity contribution in [2.24, 2.45) is 0 Å². The third kappa shape index (κ3) is 4.13. The quantitative estimate of drug-likeness (QED) is 0.804. The Morgan fingerprint density at radius 1 is 0.958 bits per heavy atom. The first kappa shape index (κ1) is 16.9. The zero-order valence-corrected chi connectivity index (χ0v) is 14.4. The van der Waals surface area contributed by atoms with Gasteiger partial charge in [-0.3, -0.25) is 0 Å². The van der Waals surface area contributed by atoms with Crippen molar-refractivity contribution in [3.8, 4) is 0 Å². The predicted octanol–water partition coefficient (Wildman–Crippen LogP) is 4.14. The van der Waals surface area contributed by atoms with Gasteiger partial charge in [0.1, 0.15) is 11.6 Å². The van der Waals surface area contributed by atoms with Crippen LogP contribution in [0.4, 0.5) is 20.2 Å². The molecule has 24 heavy (non-hydrogen) atoms. The van der Waals surface area contributed by atoms with Gasteiger partial charge in [-0.05, 0) is 48.6 Å². The average molecular weight is 368 g/mol. The van der Waals surface area contributed by atoms with Crippen molar-refractivity contribution >= 4 is 40.3 Å². The summed E-state index contributed by atoms with van der Waals surface area (Å²) >= 11 is 11.3. The number of hydrogen-bond acceptors (Lipinski definition) is 2. The number of piperazine rings is 1. The maximum Gasteiger partial charge on any atom is 0.173 e. The summed E-state index contributed by atoms with van der Waals surface area (Å²) < 4.78 is 26.5. The van der Waals surface area contributed by atoms with Crippen molar-refractivity contribution in [2.75, 3.05) is 36.4 Å². The Morgan fingerprint density at radius 2 is 1.54 bits per heavy atom. The molecule has 1 heterocycles. The summed E-state index contributed by atoms with van der Waals surface area (Å²) in [5.41, 5.74) is 1.43. The molecule has 1 fully saturated rings. The topological polar surface area (TPSA) is 18.5 Å². The van der Waals surface area contributed by atoms with Gasteiger partial charge in [-0.2, -0.15) is 0 Å². The van der Waals surface area contributed by atoms with Crippen molar-refractivity contribution in [3.63, 3.8) is 0 Å². The zero-order valence-electron chi connectivity index (χ0n) is 12.8. The van der Waals surface area contributed by atoms with Crippen molar-refractivity contribution in [3.05, 3.63) is 59.1 Å². The van der Waals surface area contributed by atoms with E-state index in [2.05, 4.69) is 10.2 Å². The molecule has 1 aliphatic rings. The van der Waals surface area contributed by atoms with E-state index in [1.165, 1.54) is 12.1 Å². The summed E-state index contributed by atoms with van der Waals surface area (Å²) in [5, 5.41) is 4.08. The number of nitrogens with zero attached hydrogens (tertiary/aromatic N) is 2. The van der Waals surface area contributed by atoms with E-state index in [4.69, 9.17) is 23.8 Å². The molecule has 2 aromatic rings. The molecule has 1 N–H and O–H groups in total. The lowest BCUT2D eigenvalue weighted by atomic mass is 10.2. The van der Waals surface area contributed by atoms with E-state index >= 15 is 0 Å². The minimum atomic E-state index is -0.632. The van der Waals surface area contributed by atoms with Crippen molar-refractivity contribution < 1.29 is 8.78 Å². The molecule has 0 spiro atoms. The van der Waals surface area contributed by atoms with Crippen LogP contribution >= 0.6 is 23.8 Å². The Kier molecular flexibility index (Phi) is 5.16. The van der Waals surface area contributed by atoms with E-state index in [1.54, 1.807) is 0 Å². The van der Waals surface area contributed by atoms with Crippen molar-refractivity contribution in [2.45, 2.75) is 0 Å². The van der Waals surface area contributed by atoms with Crippen LogP contribution in [0.5, 0.6) is 0 Å². The number of hydrogen-bond donors (Lipinski definition) is 1. The summed E-state index contributed by atoms with van der Waals surface area (Å²) in [6, 6.07) is 11.0. The first-order valence-corrected chi connectivity index (χ1v) is 8.32. The minimum Gasteiger partial charge on any atom is -0.368 e. The summed E-state index contributed by atoms with van der Waals surface area (Å²) in [6.07, 6.45) is 0. The summed E-state index contributed by atoms with van der Waals surface area (Å²) in [7, 11) is 0. The fourth-order valence-corrected chi connectivity index (χ4v) is 3.07. The predicted molar refractivity (Wildman–Crippen MR) is 97.8 cm³/mol. The minimum absolute atomic E-state index is 0.317. The molecule has 0 aliphatic carbocycles. The largest absolute Gasteiger partial charge is 0.368 e. The number of rotatable bonds is 2. The molecule has 0 bridgehead atoms. The lowest BCUT2D eigenvalue weighted by Crippen LogP contribution is -2.50. The lowest BCUT2D eigenvalue weighted by molar-refractivity contribution is 0.391. The number of halogens is 3. The molecule has 3 nitrogen and oxygen atoms in total. The van der Waals surface area contributed by atoms with Crippen LogP contribution in [0.15, 0.2) is 42.5 Å². The maximum atomic E-state index is 13.2. The molecule has 0 aromatic heterocycles. The Morgan fingerprint density at radius 3 is 2.12 bits per heavy atom.